The highest BCUT2D eigenvalue weighted by Gasteiger charge is 2.10. The monoisotopic (exact) mass is 394 g/mol. The molecule has 0 saturated carbocycles. The summed E-state index contributed by atoms with van der Waals surface area (Å²) >= 11 is 1.40. The summed E-state index contributed by atoms with van der Waals surface area (Å²) in [6.45, 7) is 1.79. The Bertz CT molecular complexity index is 1230. The Kier molecular flexibility index (Phi) is 4.62. The number of hydrogen-bond acceptors (Lipinski definition) is 4. The summed E-state index contributed by atoms with van der Waals surface area (Å²) in [6.07, 6.45) is 0. The standard InChI is InChI=1S/C20H15FN4O2S/c1-12-9-18(26)25-17(11-28-20(25)22-12)13-5-7-15(8-6-13)23-19(27)24-16-4-2-3-14(21)10-16/h2-11H,1H3,(H2,23,24,27). The van der Waals surface area contributed by atoms with Gasteiger partial charge in [0.25, 0.3) is 5.56 Å². The first-order chi connectivity index (χ1) is 13.5. The second-order valence-electron chi connectivity index (χ2n) is 6.14. The first-order valence-corrected chi connectivity index (χ1v) is 9.29. The number of fused-ring (bicyclic) bond motifs is 1. The molecule has 4 rings (SSSR count). The minimum absolute atomic E-state index is 0.129. The molecule has 0 atom stereocenters. The zero-order valence-corrected chi connectivity index (χ0v) is 15.6. The van der Waals surface area contributed by atoms with E-state index in [1.54, 1.807) is 29.5 Å². The molecule has 140 valence electrons. The summed E-state index contributed by atoms with van der Waals surface area (Å²) in [5, 5.41) is 7.13. The molecule has 0 aliphatic heterocycles. The number of aryl methyl sites for hydroxylation is 1. The number of nitrogens with zero attached hydrogens (tertiary/aromatic N) is 2. The van der Waals surface area contributed by atoms with Gasteiger partial charge < -0.3 is 10.6 Å². The molecule has 2 aromatic heterocycles. The molecule has 0 spiro atoms. The summed E-state index contributed by atoms with van der Waals surface area (Å²) in [5.41, 5.74) is 3.06. The maximum Gasteiger partial charge on any atom is 0.323 e. The predicted octanol–water partition coefficient (Wildman–Crippen LogP) is 4.51. The third-order valence-electron chi connectivity index (χ3n) is 4.05. The number of thiazole rings is 1. The average molecular weight is 394 g/mol. The molecular formula is C20H15FN4O2S. The van der Waals surface area contributed by atoms with Crippen LogP contribution in [0.5, 0.6) is 0 Å². The van der Waals surface area contributed by atoms with Crippen LogP contribution < -0.4 is 16.2 Å². The Morgan fingerprint density at radius 3 is 2.57 bits per heavy atom. The van der Waals surface area contributed by atoms with Crippen LogP contribution in [0.25, 0.3) is 16.2 Å². The Balaban J connectivity index is 1.53. The molecule has 0 bridgehead atoms. The van der Waals surface area contributed by atoms with Crippen LogP contribution in [0.15, 0.2) is 64.8 Å². The fourth-order valence-corrected chi connectivity index (χ4v) is 3.76. The zero-order valence-electron chi connectivity index (χ0n) is 14.8. The molecule has 8 heteroatoms. The van der Waals surface area contributed by atoms with Crippen LogP contribution in [-0.2, 0) is 0 Å². The number of carbonyl (C=O) groups excluding carboxylic acids is 1. The van der Waals surface area contributed by atoms with Gasteiger partial charge in [0, 0.05) is 28.5 Å². The molecule has 28 heavy (non-hydrogen) atoms. The number of rotatable bonds is 3. The summed E-state index contributed by atoms with van der Waals surface area (Å²) in [5.74, 6) is -0.426. The molecule has 0 fully saturated rings. The number of amides is 2. The van der Waals surface area contributed by atoms with Gasteiger partial charge >= 0.3 is 6.03 Å². The van der Waals surface area contributed by atoms with Crippen LogP contribution in [0.1, 0.15) is 5.69 Å². The van der Waals surface area contributed by atoms with Gasteiger partial charge in [-0.3, -0.25) is 9.20 Å². The second-order valence-corrected chi connectivity index (χ2v) is 6.98. The highest BCUT2D eigenvalue weighted by atomic mass is 32.1. The van der Waals surface area contributed by atoms with E-state index in [-0.39, 0.29) is 5.56 Å². The lowest BCUT2D eigenvalue weighted by Gasteiger charge is -2.08. The van der Waals surface area contributed by atoms with Gasteiger partial charge in [-0.2, -0.15) is 0 Å². The number of halogens is 1. The number of aromatic nitrogens is 2. The van der Waals surface area contributed by atoms with E-state index in [1.807, 2.05) is 17.5 Å². The molecule has 2 amide bonds. The highest BCUT2D eigenvalue weighted by Crippen LogP contribution is 2.25. The first-order valence-electron chi connectivity index (χ1n) is 8.41. The predicted molar refractivity (Wildman–Crippen MR) is 109 cm³/mol. The van der Waals surface area contributed by atoms with E-state index in [0.29, 0.717) is 22.0 Å². The molecule has 4 aromatic rings. The molecule has 0 radical (unpaired) electrons. The molecule has 0 aliphatic carbocycles. The average Bonchev–Trinajstić information content (AvgIpc) is 3.06. The van der Waals surface area contributed by atoms with Crippen LogP contribution in [0.3, 0.4) is 0 Å². The van der Waals surface area contributed by atoms with E-state index in [9.17, 15) is 14.0 Å². The Morgan fingerprint density at radius 1 is 1.07 bits per heavy atom. The lowest BCUT2D eigenvalue weighted by molar-refractivity contribution is 0.262. The van der Waals surface area contributed by atoms with Crippen molar-refractivity contribution < 1.29 is 9.18 Å². The molecular weight excluding hydrogens is 379 g/mol. The number of hydrogen-bond donors (Lipinski definition) is 2. The topological polar surface area (TPSA) is 75.5 Å². The molecule has 2 heterocycles. The van der Waals surface area contributed by atoms with Gasteiger partial charge in [-0.05, 0) is 42.8 Å². The van der Waals surface area contributed by atoms with E-state index < -0.39 is 11.8 Å². The molecule has 0 unspecified atom stereocenters. The summed E-state index contributed by atoms with van der Waals surface area (Å²) in [4.78, 5) is 29.4. The Morgan fingerprint density at radius 2 is 1.82 bits per heavy atom. The highest BCUT2D eigenvalue weighted by molar-refractivity contribution is 7.15. The van der Waals surface area contributed by atoms with Crippen molar-refractivity contribution in [1.82, 2.24) is 9.38 Å². The lowest BCUT2D eigenvalue weighted by Crippen LogP contribution is -2.19. The molecule has 6 nitrogen and oxygen atoms in total. The van der Waals surface area contributed by atoms with E-state index in [0.717, 1.165) is 11.3 Å². The van der Waals surface area contributed by atoms with Crippen molar-refractivity contribution in [1.29, 1.82) is 0 Å². The fourth-order valence-electron chi connectivity index (χ4n) is 2.81. The van der Waals surface area contributed by atoms with Gasteiger partial charge in [-0.15, -0.1) is 11.3 Å². The molecule has 0 aliphatic rings. The number of nitrogens with one attached hydrogen (secondary N) is 2. The number of anilines is 2. The molecule has 2 aromatic carbocycles. The molecule has 0 saturated heterocycles. The van der Waals surface area contributed by atoms with Gasteiger partial charge in [-0.1, -0.05) is 18.2 Å². The first kappa shape index (κ1) is 17.9. The summed E-state index contributed by atoms with van der Waals surface area (Å²) in [7, 11) is 0. The largest absolute Gasteiger partial charge is 0.323 e. The number of urea groups is 1. The van der Waals surface area contributed by atoms with Crippen molar-refractivity contribution in [2.24, 2.45) is 0 Å². The number of carbonyl (C=O) groups is 1. The third kappa shape index (κ3) is 3.63. The van der Waals surface area contributed by atoms with Crippen molar-refractivity contribution >= 4 is 33.7 Å². The summed E-state index contributed by atoms with van der Waals surface area (Å²) < 4.78 is 14.8. The van der Waals surface area contributed by atoms with Crippen molar-refractivity contribution in [3.8, 4) is 11.3 Å². The van der Waals surface area contributed by atoms with Crippen molar-refractivity contribution in [3.63, 3.8) is 0 Å². The Labute approximate surface area is 163 Å². The van der Waals surface area contributed by atoms with E-state index >= 15 is 0 Å². The van der Waals surface area contributed by atoms with Crippen LogP contribution >= 0.6 is 11.3 Å². The maximum absolute atomic E-state index is 13.2. The zero-order chi connectivity index (χ0) is 19.7. The van der Waals surface area contributed by atoms with Gasteiger partial charge in [0.1, 0.15) is 5.82 Å². The normalized spacial score (nSPS) is 10.8. The van der Waals surface area contributed by atoms with Crippen molar-refractivity contribution in [2.75, 3.05) is 10.6 Å². The van der Waals surface area contributed by atoms with E-state index in [2.05, 4.69) is 15.6 Å². The van der Waals surface area contributed by atoms with E-state index in [1.165, 1.54) is 35.6 Å². The summed E-state index contributed by atoms with van der Waals surface area (Å²) in [6, 6.07) is 13.8. The fraction of sp³-hybridized carbons (Fsp3) is 0.0500. The quantitative estimate of drug-likeness (QED) is 0.537. The van der Waals surface area contributed by atoms with Crippen molar-refractivity contribution in [3.05, 3.63) is 81.8 Å². The number of benzene rings is 2. The van der Waals surface area contributed by atoms with Gasteiger partial charge in [0.2, 0.25) is 0 Å². The van der Waals surface area contributed by atoms with Crippen molar-refractivity contribution in [2.45, 2.75) is 6.92 Å². The third-order valence-corrected chi connectivity index (χ3v) is 4.88. The second kappa shape index (κ2) is 7.24. The SMILES string of the molecule is Cc1cc(=O)n2c(-c3ccc(NC(=O)Nc4cccc(F)c4)cc3)csc2n1. The van der Waals surface area contributed by atoms with Gasteiger partial charge in [-0.25, -0.2) is 14.2 Å². The van der Waals surface area contributed by atoms with Crippen LogP contribution in [-0.4, -0.2) is 15.4 Å². The minimum atomic E-state index is -0.477. The smallest absolute Gasteiger partial charge is 0.308 e. The maximum atomic E-state index is 13.2. The van der Waals surface area contributed by atoms with Crippen LogP contribution in [0.4, 0.5) is 20.6 Å². The van der Waals surface area contributed by atoms with Crippen LogP contribution in [0, 0.1) is 12.7 Å². The van der Waals surface area contributed by atoms with Gasteiger partial charge in [0.05, 0.1) is 5.69 Å². The molecule has 2 N–H and O–H groups in total. The van der Waals surface area contributed by atoms with E-state index in [4.69, 9.17) is 0 Å². The van der Waals surface area contributed by atoms with Gasteiger partial charge in [0.15, 0.2) is 4.96 Å². The Hall–Kier alpha value is -3.52. The lowest BCUT2D eigenvalue weighted by atomic mass is 10.1. The minimum Gasteiger partial charge on any atom is -0.308 e. The van der Waals surface area contributed by atoms with Crippen LogP contribution in [0.2, 0.25) is 0 Å².